The van der Waals surface area contributed by atoms with Crippen molar-refractivity contribution < 1.29 is 14.3 Å². The van der Waals surface area contributed by atoms with Crippen molar-refractivity contribution >= 4 is 38.2 Å². The number of likely N-dealkylation sites (N-methyl/N-ethyl adjacent to an activating group) is 1. The highest BCUT2D eigenvalue weighted by molar-refractivity contribution is 9.10. The maximum atomic E-state index is 12.8. The van der Waals surface area contributed by atoms with Gasteiger partial charge in [-0.05, 0) is 31.2 Å². The Hall–Kier alpha value is -1.77. The Morgan fingerprint density at radius 2 is 2.08 bits per heavy atom. The predicted octanol–water partition coefficient (Wildman–Crippen LogP) is 3.08. The molecule has 2 N–H and O–H groups in total. The smallest absolute Gasteiger partial charge is 0.256 e. The van der Waals surface area contributed by atoms with Crippen LogP contribution in [0.2, 0.25) is 0 Å². The van der Waals surface area contributed by atoms with Crippen molar-refractivity contribution in [3.05, 3.63) is 38.2 Å². The number of nitrogens with zero attached hydrogens (tertiary/aromatic N) is 1. The molecule has 25 heavy (non-hydrogen) atoms. The summed E-state index contributed by atoms with van der Waals surface area (Å²) >= 11 is 5.27. The van der Waals surface area contributed by atoms with Gasteiger partial charge < -0.3 is 25.0 Å². The van der Waals surface area contributed by atoms with Gasteiger partial charge in [-0.3, -0.25) is 4.79 Å². The number of nitrogens with one attached hydrogen (secondary N) is 2. The summed E-state index contributed by atoms with van der Waals surface area (Å²) in [6.07, 6.45) is 0.618. The van der Waals surface area contributed by atoms with Crippen molar-refractivity contribution in [1.29, 1.82) is 0 Å². The van der Waals surface area contributed by atoms with Crippen LogP contribution in [0, 0.1) is 0 Å². The van der Waals surface area contributed by atoms with E-state index in [-0.39, 0.29) is 18.9 Å². The highest BCUT2D eigenvalue weighted by Gasteiger charge is 2.34. The maximum absolute atomic E-state index is 12.8. The van der Waals surface area contributed by atoms with Crippen molar-refractivity contribution in [3.8, 4) is 11.5 Å². The third-order valence-corrected chi connectivity index (χ3v) is 6.66. The van der Waals surface area contributed by atoms with Gasteiger partial charge in [0.1, 0.15) is 11.2 Å². The number of carbonyl (C=O) groups excluding carboxylic acids is 1. The van der Waals surface area contributed by atoms with E-state index in [1.54, 1.807) is 11.3 Å². The van der Waals surface area contributed by atoms with Crippen molar-refractivity contribution in [3.63, 3.8) is 0 Å². The first-order chi connectivity index (χ1) is 12.1. The highest BCUT2D eigenvalue weighted by atomic mass is 79.9. The average molecular weight is 422 g/mol. The molecule has 8 heteroatoms. The molecule has 1 aromatic heterocycles. The Labute approximate surface area is 157 Å². The molecule has 1 aromatic carbocycles. The zero-order chi connectivity index (χ0) is 17.1. The number of anilines is 1. The van der Waals surface area contributed by atoms with Gasteiger partial charge in [-0.25, -0.2) is 0 Å². The van der Waals surface area contributed by atoms with Crippen LogP contribution in [0.4, 0.5) is 5.00 Å². The fourth-order valence-electron chi connectivity index (χ4n) is 3.55. The number of thiophene rings is 1. The number of ether oxygens (including phenoxy) is 2. The number of fused-ring (bicyclic) bond motifs is 4. The first kappa shape index (κ1) is 15.5. The molecule has 4 heterocycles. The van der Waals surface area contributed by atoms with Crippen molar-refractivity contribution in [2.75, 3.05) is 25.7 Å². The second-order valence-electron chi connectivity index (χ2n) is 6.47. The summed E-state index contributed by atoms with van der Waals surface area (Å²) in [5.74, 6) is 1.41. The van der Waals surface area contributed by atoms with E-state index < -0.39 is 0 Å². The summed E-state index contributed by atoms with van der Waals surface area (Å²) in [6, 6.07) is 3.80. The van der Waals surface area contributed by atoms with Crippen LogP contribution in [0.15, 0.2) is 16.6 Å². The van der Waals surface area contributed by atoms with Crippen LogP contribution in [0.5, 0.6) is 11.5 Å². The van der Waals surface area contributed by atoms with Gasteiger partial charge in [-0.2, -0.15) is 0 Å². The number of halogens is 1. The third-order valence-electron chi connectivity index (χ3n) is 4.83. The average Bonchev–Trinajstić information content (AvgIpc) is 3.16. The summed E-state index contributed by atoms with van der Waals surface area (Å²) in [4.78, 5) is 16.4. The molecule has 5 rings (SSSR count). The zero-order valence-corrected chi connectivity index (χ0v) is 15.9. The van der Waals surface area contributed by atoms with Crippen LogP contribution in [0.1, 0.15) is 32.5 Å². The van der Waals surface area contributed by atoms with Gasteiger partial charge in [-0.1, -0.05) is 15.9 Å². The largest absolute Gasteiger partial charge is 0.454 e. The molecule has 3 aliphatic heterocycles. The van der Waals surface area contributed by atoms with E-state index >= 15 is 0 Å². The summed E-state index contributed by atoms with van der Waals surface area (Å²) in [6.45, 7) is 2.12. The van der Waals surface area contributed by atoms with E-state index in [1.165, 1.54) is 10.4 Å². The zero-order valence-electron chi connectivity index (χ0n) is 13.5. The topological polar surface area (TPSA) is 62.8 Å². The number of amides is 1. The van der Waals surface area contributed by atoms with Crippen LogP contribution in [-0.2, 0) is 13.0 Å². The molecule has 6 nitrogen and oxygen atoms in total. The van der Waals surface area contributed by atoms with Gasteiger partial charge >= 0.3 is 0 Å². The lowest BCUT2D eigenvalue weighted by molar-refractivity contribution is 0.0934. The number of carbonyl (C=O) groups is 1. The molecule has 3 aliphatic rings. The van der Waals surface area contributed by atoms with Crippen LogP contribution < -0.4 is 20.1 Å². The fourth-order valence-corrected chi connectivity index (χ4v) is 5.46. The van der Waals surface area contributed by atoms with Crippen molar-refractivity contribution in [2.45, 2.75) is 19.1 Å². The molecule has 0 radical (unpaired) electrons. The minimum atomic E-state index is -0.304. The molecule has 0 fully saturated rings. The number of hydrogen-bond acceptors (Lipinski definition) is 6. The second-order valence-corrected chi connectivity index (χ2v) is 8.43. The summed E-state index contributed by atoms with van der Waals surface area (Å²) in [5.41, 5.74) is 2.94. The molecule has 0 spiro atoms. The SMILES string of the molecule is CN1CCc2c(sc3c2C(=O)N[C@H](c2cc4c(cc2Br)OCO4)N3)C1. The fraction of sp³-hybridized carbons (Fsp3) is 0.353. The number of hydrogen-bond donors (Lipinski definition) is 2. The predicted molar refractivity (Wildman–Crippen MR) is 98.5 cm³/mol. The lowest BCUT2D eigenvalue weighted by atomic mass is 10.0. The van der Waals surface area contributed by atoms with E-state index in [4.69, 9.17) is 9.47 Å². The van der Waals surface area contributed by atoms with E-state index in [9.17, 15) is 4.79 Å². The van der Waals surface area contributed by atoms with Gasteiger partial charge in [-0.15, -0.1) is 11.3 Å². The molecule has 1 atom stereocenters. The first-order valence-electron chi connectivity index (χ1n) is 8.09. The number of rotatable bonds is 1. The van der Waals surface area contributed by atoms with Gasteiger partial charge in [0.15, 0.2) is 11.5 Å². The molecule has 0 bridgehead atoms. The molecule has 2 aromatic rings. The summed E-state index contributed by atoms with van der Waals surface area (Å²) in [7, 11) is 2.11. The Bertz CT molecular complexity index is 898. The van der Waals surface area contributed by atoms with Crippen LogP contribution in [-0.4, -0.2) is 31.2 Å². The Kier molecular flexibility index (Phi) is 3.48. The van der Waals surface area contributed by atoms with Gasteiger partial charge in [0.2, 0.25) is 6.79 Å². The molecule has 0 aliphatic carbocycles. The van der Waals surface area contributed by atoms with Crippen LogP contribution >= 0.6 is 27.3 Å². The van der Waals surface area contributed by atoms with E-state index in [0.717, 1.165) is 40.1 Å². The van der Waals surface area contributed by atoms with Crippen molar-refractivity contribution in [2.24, 2.45) is 0 Å². The van der Waals surface area contributed by atoms with Crippen LogP contribution in [0.25, 0.3) is 0 Å². The third kappa shape index (κ3) is 2.43. The molecule has 0 unspecified atom stereocenters. The number of benzene rings is 1. The standard InChI is InChI=1S/C17H16BrN3O3S/c1-21-3-2-8-13(6-21)25-17-14(8)16(22)19-15(20-17)9-4-11-12(5-10(9)18)24-7-23-11/h4-5,15,20H,2-3,6-7H2,1H3,(H,19,22)/t15-/m0/s1. The molecular formula is C17H16BrN3O3S. The molecule has 1 amide bonds. The van der Waals surface area contributed by atoms with E-state index in [1.807, 2.05) is 12.1 Å². The highest BCUT2D eigenvalue weighted by Crippen LogP contribution is 2.43. The minimum absolute atomic E-state index is 0.00892. The Morgan fingerprint density at radius 3 is 2.92 bits per heavy atom. The van der Waals surface area contributed by atoms with Crippen LogP contribution in [0.3, 0.4) is 0 Å². The minimum Gasteiger partial charge on any atom is -0.454 e. The summed E-state index contributed by atoms with van der Waals surface area (Å²) in [5, 5.41) is 7.53. The lowest BCUT2D eigenvalue weighted by Crippen LogP contribution is -2.38. The first-order valence-corrected chi connectivity index (χ1v) is 9.70. The second kappa shape index (κ2) is 5.62. The normalized spacial score (nSPS) is 21.4. The van der Waals surface area contributed by atoms with E-state index in [0.29, 0.717) is 11.5 Å². The molecule has 130 valence electrons. The molecule has 0 saturated carbocycles. The van der Waals surface area contributed by atoms with Crippen molar-refractivity contribution in [1.82, 2.24) is 10.2 Å². The quantitative estimate of drug-likeness (QED) is 0.740. The van der Waals surface area contributed by atoms with Gasteiger partial charge in [0.25, 0.3) is 5.91 Å². The molecular weight excluding hydrogens is 406 g/mol. The summed E-state index contributed by atoms with van der Waals surface area (Å²) < 4.78 is 11.7. The maximum Gasteiger partial charge on any atom is 0.256 e. The monoisotopic (exact) mass is 421 g/mol. The van der Waals surface area contributed by atoms with Gasteiger partial charge in [0.05, 0.1) is 5.56 Å². The Morgan fingerprint density at radius 1 is 1.28 bits per heavy atom. The Balaban J connectivity index is 1.52. The van der Waals surface area contributed by atoms with E-state index in [2.05, 4.69) is 38.5 Å². The van der Waals surface area contributed by atoms with Gasteiger partial charge in [0, 0.05) is 28.0 Å². The molecule has 0 saturated heterocycles. The lowest BCUT2D eigenvalue weighted by Gasteiger charge is -2.28.